The molecule has 1 aliphatic heterocycles. The number of sulfonamides is 1. The molecule has 2 aromatic rings. The van der Waals surface area contributed by atoms with Gasteiger partial charge in [-0.05, 0) is 36.4 Å². The average molecular weight is 497 g/mol. The summed E-state index contributed by atoms with van der Waals surface area (Å²) in [6.07, 6.45) is 0. The highest BCUT2D eigenvalue weighted by Gasteiger charge is 2.28. The van der Waals surface area contributed by atoms with E-state index in [4.69, 9.17) is 16.3 Å². The van der Waals surface area contributed by atoms with Crippen molar-refractivity contribution in [2.45, 2.75) is 18.7 Å². The Kier molecular flexibility index (Phi) is 8.52. The molecule has 33 heavy (non-hydrogen) atoms. The van der Waals surface area contributed by atoms with Gasteiger partial charge in [-0.25, -0.2) is 8.42 Å². The van der Waals surface area contributed by atoms with Gasteiger partial charge in [0.1, 0.15) is 18.0 Å². The van der Waals surface area contributed by atoms with Crippen molar-refractivity contribution in [1.82, 2.24) is 9.21 Å². The van der Waals surface area contributed by atoms with Crippen molar-refractivity contribution in [3.63, 3.8) is 0 Å². The number of nitro groups is 1. The van der Waals surface area contributed by atoms with Crippen molar-refractivity contribution in [3.05, 3.63) is 57.6 Å². The number of hydrogen-bond acceptors (Lipinski definition) is 7. The lowest BCUT2D eigenvalue weighted by atomic mass is 10.2. The van der Waals surface area contributed by atoms with Crippen molar-refractivity contribution >= 4 is 33.0 Å². The number of ether oxygens (including phenoxy) is 1. The number of nitro benzene ring substituents is 1. The highest BCUT2D eigenvalue weighted by atomic mass is 35.5. The SMILES string of the molecule is CCN(CC)S(=O)(=O)c1ccc(N2CCN(CCOc3ccc(Cl)cc3)CC2)c([N+](=O)[O-])c1. The van der Waals surface area contributed by atoms with Crippen LogP contribution in [-0.4, -0.2) is 75.0 Å². The van der Waals surface area contributed by atoms with Gasteiger partial charge in [-0.2, -0.15) is 4.31 Å². The van der Waals surface area contributed by atoms with E-state index in [-0.39, 0.29) is 10.6 Å². The van der Waals surface area contributed by atoms with E-state index in [2.05, 4.69) is 4.90 Å². The fourth-order valence-corrected chi connectivity index (χ4v) is 5.43. The van der Waals surface area contributed by atoms with Gasteiger partial charge in [-0.3, -0.25) is 15.0 Å². The van der Waals surface area contributed by atoms with Crippen molar-refractivity contribution in [1.29, 1.82) is 0 Å². The maximum absolute atomic E-state index is 12.8. The van der Waals surface area contributed by atoms with E-state index < -0.39 is 14.9 Å². The Morgan fingerprint density at radius 1 is 1.06 bits per heavy atom. The molecule has 1 fully saturated rings. The summed E-state index contributed by atoms with van der Waals surface area (Å²) in [5.41, 5.74) is 0.248. The lowest BCUT2D eigenvalue weighted by Gasteiger charge is -2.35. The number of benzene rings is 2. The Bertz CT molecular complexity index is 1050. The molecule has 0 amide bonds. The molecule has 0 radical (unpaired) electrons. The zero-order chi connectivity index (χ0) is 24.0. The van der Waals surface area contributed by atoms with Gasteiger partial charge in [-0.15, -0.1) is 0 Å². The third-order valence-corrected chi connectivity index (χ3v) is 7.99. The zero-order valence-corrected chi connectivity index (χ0v) is 20.4. The molecular weight excluding hydrogens is 468 g/mol. The molecule has 2 aromatic carbocycles. The van der Waals surface area contributed by atoms with E-state index in [1.807, 2.05) is 17.0 Å². The van der Waals surface area contributed by atoms with Crippen LogP contribution in [0, 0.1) is 10.1 Å². The Hall–Kier alpha value is -2.40. The van der Waals surface area contributed by atoms with Crippen molar-refractivity contribution in [3.8, 4) is 5.75 Å². The van der Waals surface area contributed by atoms with E-state index in [1.165, 1.54) is 16.4 Å². The predicted molar refractivity (Wildman–Crippen MR) is 129 cm³/mol. The van der Waals surface area contributed by atoms with Crippen LogP contribution in [-0.2, 0) is 10.0 Å². The second-order valence-electron chi connectivity index (χ2n) is 7.63. The fraction of sp³-hybridized carbons (Fsp3) is 0.455. The predicted octanol–water partition coefficient (Wildman–Crippen LogP) is 3.48. The first-order valence-corrected chi connectivity index (χ1v) is 12.7. The van der Waals surface area contributed by atoms with Gasteiger partial charge in [0.15, 0.2) is 0 Å². The molecule has 1 heterocycles. The van der Waals surface area contributed by atoms with Gasteiger partial charge in [0.25, 0.3) is 5.69 Å². The number of nitrogens with zero attached hydrogens (tertiary/aromatic N) is 4. The molecule has 180 valence electrons. The molecule has 0 N–H and O–H groups in total. The first-order valence-electron chi connectivity index (χ1n) is 10.9. The minimum Gasteiger partial charge on any atom is -0.492 e. The normalized spacial score (nSPS) is 15.1. The zero-order valence-electron chi connectivity index (χ0n) is 18.8. The van der Waals surface area contributed by atoms with Crippen LogP contribution in [0.1, 0.15) is 13.8 Å². The molecule has 0 spiro atoms. The van der Waals surface area contributed by atoms with E-state index in [1.54, 1.807) is 32.0 Å². The van der Waals surface area contributed by atoms with Crippen LogP contribution >= 0.6 is 11.6 Å². The Morgan fingerprint density at radius 3 is 2.27 bits per heavy atom. The summed E-state index contributed by atoms with van der Waals surface area (Å²) in [7, 11) is -3.77. The maximum Gasteiger partial charge on any atom is 0.293 e. The minimum absolute atomic E-state index is 0.0559. The van der Waals surface area contributed by atoms with Gasteiger partial charge in [0.05, 0.1) is 9.82 Å². The van der Waals surface area contributed by atoms with Crippen LogP contribution in [0.2, 0.25) is 5.02 Å². The summed E-state index contributed by atoms with van der Waals surface area (Å²) < 4.78 is 32.6. The summed E-state index contributed by atoms with van der Waals surface area (Å²) in [6.45, 7) is 8.00. The fourth-order valence-electron chi connectivity index (χ4n) is 3.83. The van der Waals surface area contributed by atoms with Gasteiger partial charge >= 0.3 is 0 Å². The molecule has 1 aliphatic rings. The molecule has 0 saturated carbocycles. The molecule has 0 atom stereocenters. The van der Waals surface area contributed by atoms with Gasteiger partial charge < -0.3 is 9.64 Å². The summed E-state index contributed by atoms with van der Waals surface area (Å²) in [6, 6.07) is 11.4. The summed E-state index contributed by atoms with van der Waals surface area (Å²) in [5, 5.41) is 12.4. The average Bonchev–Trinajstić information content (AvgIpc) is 2.81. The van der Waals surface area contributed by atoms with Crippen molar-refractivity contribution in [2.75, 3.05) is 57.3 Å². The van der Waals surface area contributed by atoms with E-state index in [0.717, 1.165) is 25.4 Å². The Labute approximate surface area is 199 Å². The molecule has 0 aliphatic carbocycles. The number of piperazine rings is 1. The van der Waals surface area contributed by atoms with E-state index in [9.17, 15) is 18.5 Å². The number of rotatable bonds is 10. The van der Waals surface area contributed by atoms with E-state index >= 15 is 0 Å². The van der Waals surface area contributed by atoms with Crippen LogP contribution in [0.3, 0.4) is 0 Å². The Balaban J connectivity index is 1.63. The smallest absolute Gasteiger partial charge is 0.293 e. The monoisotopic (exact) mass is 496 g/mol. The van der Waals surface area contributed by atoms with Crippen LogP contribution in [0.4, 0.5) is 11.4 Å². The van der Waals surface area contributed by atoms with Crippen LogP contribution in [0.15, 0.2) is 47.4 Å². The largest absolute Gasteiger partial charge is 0.492 e. The first-order chi connectivity index (χ1) is 15.8. The first kappa shape index (κ1) is 25.2. The molecule has 1 saturated heterocycles. The molecule has 0 bridgehead atoms. The third kappa shape index (κ3) is 6.14. The highest BCUT2D eigenvalue weighted by molar-refractivity contribution is 7.89. The summed E-state index contributed by atoms with van der Waals surface area (Å²) in [5.74, 6) is 0.758. The molecule has 11 heteroatoms. The van der Waals surface area contributed by atoms with E-state index in [0.29, 0.717) is 43.5 Å². The lowest BCUT2D eigenvalue weighted by molar-refractivity contribution is -0.384. The highest BCUT2D eigenvalue weighted by Crippen LogP contribution is 2.32. The van der Waals surface area contributed by atoms with Crippen LogP contribution in [0.5, 0.6) is 5.75 Å². The minimum atomic E-state index is -3.77. The van der Waals surface area contributed by atoms with Crippen molar-refractivity contribution < 1.29 is 18.1 Å². The third-order valence-electron chi connectivity index (χ3n) is 5.69. The number of hydrogen-bond donors (Lipinski definition) is 0. The van der Waals surface area contributed by atoms with Gasteiger partial charge in [0, 0.05) is 56.9 Å². The quantitative estimate of drug-likeness (QED) is 0.367. The molecule has 0 unspecified atom stereocenters. The molecule has 0 aromatic heterocycles. The van der Waals surface area contributed by atoms with Crippen molar-refractivity contribution in [2.24, 2.45) is 0 Å². The van der Waals surface area contributed by atoms with Gasteiger partial charge in [-0.1, -0.05) is 25.4 Å². The Morgan fingerprint density at radius 2 is 1.70 bits per heavy atom. The second kappa shape index (κ2) is 11.1. The summed E-state index contributed by atoms with van der Waals surface area (Å²) in [4.78, 5) is 15.3. The second-order valence-corrected chi connectivity index (χ2v) is 10.0. The van der Waals surface area contributed by atoms with Crippen LogP contribution in [0.25, 0.3) is 0 Å². The topological polar surface area (TPSA) is 96.2 Å². The number of anilines is 1. The van der Waals surface area contributed by atoms with Gasteiger partial charge in [0.2, 0.25) is 10.0 Å². The van der Waals surface area contributed by atoms with Crippen LogP contribution < -0.4 is 9.64 Å². The lowest BCUT2D eigenvalue weighted by Crippen LogP contribution is -2.47. The number of halogens is 1. The maximum atomic E-state index is 12.8. The standard InChI is InChI=1S/C22H29ClN4O5S/c1-3-26(4-2)33(30,31)20-9-10-21(22(17-20)27(28)29)25-13-11-24(12-14-25)15-16-32-19-7-5-18(23)6-8-19/h5-10,17H,3-4,11-16H2,1-2H3. The molecule has 3 rings (SSSR count). The summed E-state index contributed by atoms with van der Waals surface area (Å²) >= 11 is 5.88. The molecule has 9 nitrogen and oxygen atoms in total. The molecular formula is C22H29ClN4O5S.